The molecule has 1 aliphatic heterocycles. The van der Waals surface area contributed by atoms with Gasteiger partial charge in [-0.15, -0.1) is 0 Å². The van der Waals surface area contributed by atoms with Gasteiger partial charge in [-0.05, 0) is 67.2 Å². The molecule has 1 heterocycles. The third-order valence-electron chi connectivity index (χ3n) is 4.49. The Hall–Kier alpha value is -2.35. The summed E-state index contributed by atoms with van der Waals surface area (Å²) in [7, 11) is 0. The monoisotopic (exact) mass is 305 g/mol. The van der Waals surface area contributed by atoms with E-state index in [-0.39, 0.29) is 0 Å². The number of fused-ring (bicyclic) bond motifs is 1. The van der Waals surface area contributed by atoms with E-state index in [0.29, 0.717) is 6.04 Å². The maximum absolute atomic E-state index is 11.1. The number of carbonyl (C=O) groups is 1. The van der Waals surface area contributed by atoms with Crippen LogP contribution < -0.4 is 4.90 Å². The first-order chi connectivity index (χ1) is 11.2. The van der Waals surface area contributed by atoms with Crippen LogP contribution in [0.2, 0.25) is 0 Å². The number of nitrogens with zero attached hydrogens (tertiary/aromatic N) is 1. The second-order valence-electron chi connectivity index (χ2n) is 6.32. The molecule has 0 amide bonds. The lowest BCUT2D eigenvalue weighted by Crippen LogP contribution is -2.35. The normalized spacial score (nSPS) is 14.7. The lowest BCUT2D eigenvalue weighted by Gasteiger charge is -2.35. The highest BCUT2D eigenvalue weighted by Crippen LogP contribution is 2.33. The number of rotatable bonds is 4. The smallest absolute Gasteiger partial charge is 0.143 e. The maximum atomic E-state index is 11.1. The largest absolute Gasteiger partial charge is 0.369 e. The van der Waals surface area contributed by atoms with E-state index in [2.05, 4.69) is 49.1 Å². The first kappa shape index (κ1) is 15.5. The molecule has 0 aliphatic carbocycles. The van der Waals surface area contributed by atoms with Crippen molar-refractivity contribution in [2.24, 2.45) is 0 Å². The quantitative estimate of drug-likeness (QED) is 0.613. The molecule has 0 saturated carbocycles. The van der Waals surface area contributed by atoms with E-state index in [9.17, 15) is 4.79 Å². The minimum Gasteiger partial charge on any atom is -0.369 e. The Morgan fingerprint density at radius 1 is 1.09 bits per heavy atom. The number of hydrogen-bond donors (Lipinski definition) is 0. The van der Waals surface area contributed by atoms with Gasteiger partial charge in [-0.2, -0.15) is 0 Å². The minimum atomic E-state index is 0.513. The summed E-state index contributed by atoms with van der Waals surface area (Å²) >= 11 is 0. The van der Waals surface area contributed by atoms with Crippen LogP contribution in [-0.2, 0) is 11.2 Å². The fourth-order valence-corrected chi connectivity index (χ4v) is 3.38. The lowest BCUT2D eigenvalue weighted by atomic mass is 9.92. The van der Waals surface area contributed by atoms with Crippen LogP contribution in [0.25, 0.3) is 5.57 Å². The molecule has 0 radical (unpaired) electrons. The summed E-state index contributed by atoms with van der Waals surface area (Å²) in [6.07, 6.45) is 4.84. The molecular weight excluding hydrogens is 282 g/mol. The van der Waals surface area contributed by atoms with Gasteiger partial charge < -0.3 is 4.90 Å². The molecule has 2 nitrogen and oxygen atoms in total. The van der Waals surface area contributed by atoms with Crippen molar-refractivity contribution in [1.82, 2.24) is 0 Å². The van der Waals surface area contributed by atoms with Gasteiger partial charge in [0.1, 0.15) is 6.29 Å². The van der Waals surface area contributed by atoms with Crippen LogP contribution >= 0.6 is 0 Å². The molecule has 2 heteroatoms. The van der Waals surface area contributed by atoms with Crippen LogP contribution in [0.4, 0.5) is 5.69 Å². The number of hydrogen-bond acceptors (Lipinski definition) is 2. The van der Waals surface area contributed by atoms with Gasteiger partial charge >= 0.3 is 0 Å². The molecule has 118 valence electrons. The highest BCUT2D eigenvalue weighted by Gasteiger charge is 2.19. The van der Waals surface area contributed by atoms with Crippen molar-refractivity contribution in [2.75, 3.05) is 11.4 Å². The fraction of sp³-hybridized carbons (Fsp3) is 0.286. The predicted octanol–water partition coefficient (Wildman–Crippen LogP) is 4.48. The fourth-order valence-electron chi connectivity index (χ4n) is 3.38. The Labute approximate surface area is 138 Å². The standard InChI is InChI=1S/C21H23NO/c1-16(2)22-13-6-9-19-15-18(10-11-21(19)22)20(12-14-23)17-7-4-3-5-8-17/h3-5,7-8,10-12,14-16H,6,9,13H2,1-2H3/b20-12+. The van der Waals surface area contributed by atoms with Crippen LogP contribution in [0.3, 0.4) is 0 Å². The molecule has 0 N–H and O–H groups in total. The molecule has 2 aromatic carbocycles. The van der Waals surface area contributed by atoms with Crippen molar-refractivity contribution >= 4 is 17.5 Å². The number of carbonyl (C=O) groups excluding carboxylic acids is 1. The van der Waals surface area contributed by atoms with Gasteiger partial charge in [0.25, 0.3) is 0 Å². The third kappa shape index (κ3) is 3.21. The number of anilines is 1. The average molecular weight is 305 g/mol. The van der Waals surface area contributed by atoms with Crippen molar-refractivity contribution in [3.63, 3.8) is 0 Å². The second kappa shape index (κ2) is 6.82. The summed E-state index contributed by atoms with van der Waals surface area (Å²) in [6, 6.07) is 17.2. The van der Waals surface area contributed by atoms with E-state index in [1.165, 1.54) is 17.7 Å². The molecule has 23 heavy (non-hydrogen) atoms. The topological polar surface area (TPSA) is 20.3 Å². The molecule has 0 aromatic heterocycles. The van der Waals surface area contributed by atoms with Crippen molar-refractivity contribution in [2.45, 2.75) is 32.7 Å². The Morgan fingerprint density at radius 3 is 2.57 bits per heavy atom. The Kier molecular flexibility index (Phi) is 4.61. The van der Waals surface area contributed by atoms with E-state index < -0.39 is 0 Å². The van der Waals surface area contributed by atoms with E-state index in [1.54, 1.807) is 6.08 Å². The van der Waals surface area contributed by atoms with Gasteiger partial charge in [-0.1, -0.05) is 36.4 Å². The maximum Gasteiger partial charge on any atom is 0.143 e. The van der Waals surface area contributed by atoms with Crippen LogP contribution in [0.1, 0.15) is 37.0 Å². The molecular formula is C21H23NO. The summed E-state index contributed by atoms with van der Waals surface area (Å²) in [5.41, 5.74) is 5.91. The van der Waals surface area contributed by atoms with Crippen LogP contribution in [-0.4, -0.2) is 18.9 Å². The van der Waals surface area contributed by atoms with Crippen molar-refractivity contribution < 1.29 is 4.79 Å². The van der Waals surface area contributed by atoms with E-state index in [0.717, 1.165) is 36.0 Å². The first-order valence-corrected chi connectivity index (χ1v) is 8.31. The molecule has 0 saturated heterocycles. The Morgan fingerprint density at radius 2 is 1.87 bits per heavy atom. The lowest BCUT2D eigenvalue weighted by molar-refractivity contribution is -0.104. The zero-order chi connectivity index (χ0) is 16.2. The summed E-state index contributed by atoms with van der Waals surface area (Å²) in [4.78, 5) is 13.6. The number of aryl methyl sites for hydroxylation is 1. The van der Waals surface area contributed by atoms with E-state index in [4.69, 9.17) is 0 Å². The second-order valence-corrected chi connectivity index (χ2v) is 6.32. The van der Waals surface area contributed by atoms with Gasteiger partial charge in [0.2, 0.25) is 0 Å². The average Bonchev–Trinajstić information content (AvgIpc) is 2.59. The molecule has 0 fully saturated rings. The first-order valence-electron chi connectivity index (χ1n) is 8.31. The van der Waals surface area contributed by atoms with Crippen LogP contribution in [0.15, 0.2) is 54.6 Å². The highest BCUT2D eigenvalue weighted by atomic mass is 16.1. The summed E-state index contributed by atoms with van der Waals surface area (Å²) < 4.78 is 0. The zero-order valence-corrected chi connectivity index (χ0v) is 13.8. The number of aldehydes is 1. The Balaban J connectivity index is 2.03. The van der Waals surface area contributed by atoms with Crippen LogP contribution in [0.5, 0.6) is 0 Å². The van der Waals surface area contributed by atoms with Crippen molar-refractivity contribution in [3.8, 4) is 0 Å². The molecule has 0 bridgehead atoms. The molecule has 2 aromatic rings. The van der Waals surface area contributed by atoms with Gasteiger partial charge in [-0.3, -0.25) is 4.79 Å². The minimum absolute atomic E-state index is 0.513. The van der Waals surface area contributed by atoms with E-state index in [1.807, 2.05) is 18.2 Å². The van der Waals surface area contributed by atoms with Crippen LogP contribution in [0, 0.1) is 0 Å². The third-order valence-corrected chi connectivity index (χ3v) is 4.49. The van der Waals surface area contributed by atoms with Gasteiger partial charge in [0, 0.05) is 18.3 Å². The summed E-state index contributed by atoms with van der Waals surface area (Å²) in [5, 5.41) is 0. The molecule has 1 aliphatic rings. The van der Waals surface area contributed by atoms with E-state index >= 15 is 0 Å². The molecule has 0 atom stereocenters. The molecule has 0 spiro atoms. The van der Waals surface area contributed by atoms with Crippen molar-refractivity contribution in [1.29, 1.82) is 0 Å². The van der Waals surface area contributed by atoms with Crippen molar-refractivity contribution in [3.05, 3.63) is 71.3 Å². The SMILES string of the molecule is CC(C)N1CCCc2cc(/C(=C/C=O)c3ccccc3)ccc21. The van der Waals surface area contributed by atoms with Gasteiger partial charge in [0.15, 0.2) is 0 Å². The van der Waals surface area contributed by atoms with Gasteiger partial charge in [-0.25, -0.2) is 0 Å². The summed E-state index contributed by atoms with van der Waals surface area (Å²) in [5.74, 6) is 0. The summed E-state index contributed by atoms with van der Waals surface area (Å²) in [6.45, 7) is 5.61. The Bertz CT molecular complexity index is 716. The molecule has 0 unspecified atom stereocenters. The number of allylic oxidation sites excluding steroid dienone is 1. The van der Waals surface area contributed by atoms with Gasteiger partial charge in [0.05, 0.1) is 0 Å². The zero-order valence-electron chi connectivity index (χ0n) is 13.8. The molecule has 3 rings (SSSR count). The highest BCUT2D eigenvalue weighted by molar-refractivity contribution is 5.90. The number of benzene rings is 2. The predicted molar refractivity (Wildman–Crippen MR) is 96.8 cm³/mol.